The summed E-state index contributed by atoms with van der Waals surface area (Å²) in [5, 5.41) is 9.53. The summed E-state index contributed by atoms with van der Waals surface area (Å²) < 4.78 is -1.12. The topological polar surface area (TPSA) is 24.7 Å². The molecule has 4 atom stereocenters. The van der Waals surface area contributed by atoms with Gasteiger partial charge in [-0.3, -0.25) is 0 Å². The molecule has 5 rings (SSSR count). The van der Waals surface area contributed by atoms with Crippen molar-refractivity contribution in [3.05, 3.63) is 83.9 Å². The highest BCUT2D eigenvalue weighted by molar-refractivity contribution is 6.51. The zero-order valence-corrected chi connectivity index (χ0v) is 14.5. The quantitative estimate of drug-likeness (QED) is 0.493. The van der Waals surface area contributed by atoms with Gasteiger partial charge in [0.25, 0.3) is 0 Å². The predicted molar refractivity (Wildman–Crippen MR) is 96.3 cm³/mol. The molecule has 2 aromatic rings. The third-order valence-electron chi connectivity index (χ3n) is 5.94. The maximum Gasteiger partial charge on any atom is 0.180 e. The van der Waals surface area contributed by atoms with Crippen LogP contribution in [-0.2, 0) is 11.1 Å². The minimum absolute atomic E-state index is 0.160. The lowest BCUT2D eigenvalue weighted by molar-refractivity contribution is 0.258. The Balaban J connectivity index is 1.81. The molecule has 0 amide bonds. The van der Waals surface area contributed by atoms with Gasteiger partial charge in [0.15, 0.2) is 4.33 Å². The van der Waals surface area contributed by atoms with E-state index in [2.05, 4.69) is 36.4 Å². The summed E-state index contributed by atoms with van der Waals surface area (Å²) in [4.78, 5) is 0. The maximum absolute atomic E-state index is 7.16. The van der Waals surface area contributed by atoms with Crippen LogP contribution in [0.1, 0.15) is 17.5 Å². The summed E-state index contributed by atoms with van der Waals surface area (Å²) in [5.74, 6) is 0.389. The lowest BCUT2D eigenvalue weighted by atomic mass is 9.78. The maximum atomic E-state index is 7.16. The van der Waals surface area contributed by atoms with Crippen molar-refractivity contribution < 1.29 is 0 Å². The average Bonchev–Trinajstić information content (AvgIpc) is 3.24. The zero-order valence-electron chi connectivity index (χ0n) is 12.9. The van der Waals surface area contributed by atoms with Crippen molar-refractivity contribution in [3.8, 4) is 0 Å². The lowest BCUT2D eigenvalue weighted by Gasteiger charge is -2.36. The van der Waals surface area contributed by atoms with Crippen molar-refractivity contribution in [2.24, 2.45) is 22.1 Å². The van der Waals surface area contributed by atoms with Crippen LogP contribution in [0.3, 0.4) is 0 Å². The van der Waals surface area contributed by atoms with E-state index >= 15 is 0 Å². The zero-order chi connectivity index (χ0) is 16.4. The summed E-state index contributed by atoms with van der Waals surface area (Å²) in [6.45, 7) is 0. The van der Waals surface area contributed by atoms with E-state index in [1.54, 1.807) is 0 Å². The monoisotopic (exact) mass is 354 g/mol. The first-order valence-corrected chi connectivity index (χ1v) is 9.00. The van der Waals surface area contributed by atoms with Gasteiger partial charge in [-0.25, -0.2) is 0 Å². The first-order valence-electron chi connectivity index (χ1n) is 8.24. The normalized spacial score (nSPS) is 37.8. The number of fused-ring (bicyclic) bond motifs is 5. The molecule has 2 aliphatic carbocycles. The van der Waals surface area contributed by atoms with E-state index in [1.165, 1.54) is 0 Å². The second-order valence-electron chi connectivity index (χ2n) is 6.84. The van der Waals surface area contributed by atoms with Crippen molar-refractivity contribution in [2.75, 3.05) is 0 Å². The third-order valence-corrected chi connectivity index (χ3v) is 7.09. The van der Waals surface area contributed by atoms with Crippen LogP contribution in [0.5, 0.6) is 0 Å². The van der Waals surface area contributed by atoms with Gasteiger partial charge >= 0.3 is 0 Å². The fraction of sp³-hybridized carbons (Fsp3) is 0.300. The number of nitrogens with zero attached hydrogens (tertiary/aromatic N) is 2. The van der Waals surface area contributed by atoms with Crippen LogP contribution in [-0.4, -0.2) is 4.33 Å². The van der Waals surface area contributed by atoms with Crippen LogP contribution in [0.25, 0.3) is 0 Å². The molecule has 1 aliphatic heterocycles. The Morgan fingerprint density at radius 2 is 1.33 bits per heavy atom. The van der Waals surface area contributed by atoms with E-state index in [0.29, 0.717) is 0 Å². The first kappa shape index (κ1) is 14.7. The number of hydrogen-bond acceptors (Lipinski definition) is 2. The van der Waals surface area contributed by atoms with E-state index in [0.717, 1.165) is 17.5 Å². The van der Waals surface area contributed by atoms with Gasteiger partial charge in [-0.2, -0.15) is 10.2 Å². The largest absolute Gasteiger partial charge is 0.180 e. The summed E-state index contributed by atoms with van der Waals surface area (Å²) in [5.41, 5.74) is 0.648. The summed E-state index contributed by atoms with van der Waals surface area (Å²) in [7, 11) is 0. The van der Waals surface area contributed by atoms with Crippen LogP contribution >= 0.6 is 23.2 Å². The molecule has 4 heteroatoms. The van der Waals surface area contributed by atoms with Gasteiger partial charge in [-0.05, 0) is 17.5 Å². The molecule has 1 fully saturated rings. The highest BCUT2D eigenvalue weighted by Crippen LogP contribution is 2.76. The number of alkyl halides is 2. The number of benzene rings is 2. The molecule has 0 spiro atoms. The molecule has 0 aromatic heterocycles. The van der Waals surface area contributed by atoms with Crippen LogP contribution in [0, 0.1) is 11.8 Å². The molecule has 3 aliphatic rings. The van der Waals surface area contributed by atoms with Gasteiger partial charge in [-0.1, -0.05) is 96.0 Å². The molecular weight excluding hydrogens is 339 g/mol. The molecule has 1 saturated carbocycles. The smallest absolute Gasteiger partial charge is 0.178 e. The van der Waals surface area contributed by atoms with Crippen LogP contribution in [0.4, 0.5) is 0 Å². The molecule has 0 unspecified atom stereocenters. The molecule has 2 nitrogen and oxygen atoms in total. The second-order valence-corrected chi connectivity index (χ2v) is 8.16. The van der Waals surface area contributed by atoms with Crippen molar-refractivity contribution in [2.45, 2.75) is 21.8 Å². The number of allylic oxidation sites excluding steroid dienone is 1. The molecule has 120 valence electrons. The molecule has 1 heterocycles. The summed E-state index contributed by atoms with van der Waals surface area (Å²) >= 11 is 14.3. The number of rotatable bonds is 2. The van der Waals surface area contributed by atoms with Crippen molar-refractivity contribution in [1.29, 1.82) is 0 Å². The number of hydrogen-bond donors (Lipinski definition) is 0. The van der Waals surface area contributed by atoms with Gasteiger partial charge in [-0.15, -0.1) is 0 Å². The van der Waals surface area contributed by atoms with E-state index in [4.69, 9.17) is 33.4 Å². The highest BCUT2D eigenvalue weighted by Gasteiger charge is 2.81. The van der Waals surface area contributed by atoms with Crippen LogP contribution in [0.15, 0.2) is 83.0 Å². The average molecular weight is 355 g/mol. The minimum Gasteiger partial charge on any atom is -0.178 e. The Labute approximate surface area is 151 Å². The number of azo groups is 1. The molecule has 0 radical (unpaired) electrons. The van der Waals surface area contributed by atoms with Crippen molar-refractivity contribution in [1.82, 2.24) is 0 Å². The summed E-state index contributed by atoms with van der Waals surface area (Å²) in [6.07, 6.45) is 5.39. The lowest BCUT2D eigenvalue weighted by Crippen LogP contribution is -2.46. The Morgan fingerprint density at radius 1 is 0.792 bits per heavy atom. The summed E-state index contributed by atoms with van der Waals surface area (Å²) in [6, 6.07) is 20.3. The fourth-order valence-electron chi connectivity index (χ4n) is 4.94. The first-order chi connectivity index (χ1) is 11.6. The van der Waals surface area contributed by atoms with E-state index in [1.807, 2.05) is 36.4 Å². The van der Waals surface area contributed by atoms with E-state index < -0.39 is 15.4 Å². The van der Waals surface area contributed by atoms with Crippen LogP contribution in [0.2, 0.25) is 0 Å². The van der Waals surface area contributed by atoms with Gasteiger partial charge in [0, 0.05) is 11.8 Å². The van der Waals surface area contributed by atoms with Crippen molar-refractivity contribution in [3.63, 3.8) is 0 Å². The molecular formula is C20H16Cl2N2. The Kier molecular flexibility index (Phi) is 2.88. The third kappa shape index (κ3) is 1.42. The van der Waals surface area contributed by atoms with Gasteiger partial charge < -0.3 is 0 Å². The SMILES string of the molecule is ClC1(Cl)[C@]2(c3ccccc3)N=N[C@@]1(c1ccccc1)[C@H]1CC=C[C@H]12. The number of halogens is 2. The van der Waals surface area contributed by atoms with E-state index in [9.17, 15) is 0 Å². The minimum atomic E-state index is -1.12. The molecule has 0 saturated heterocycles. The predicted octanol–water partition coefficient (Wildman–Crippen LogP) is 5.62. The Morgan fingerprint density at radius 3 is 1.96 bits per heavy atom. The standard InChI is InChI=1S/C20H16Cl2N2/c21-20(22)18(14-8-3-1-4-9-14)16-12-7-13-17(16)19(20,24-23-18)15-10-5-2-6-11-15/h1-12,16-17H,13H2/t16-,17+,18-,19+/m1/s1. The molecule has 0 N–H and O–H groups in total. The molecule has 2 bridgehead atoms. The fourth-order valence-corrected chi connectivity index (χ4v) is 6.06. The Hall–Kier alpha value is -1.64. The van der Waals surface area contributed by atoms with Gasteiger partial charge in [0.2, 0.25) is 0 Å². The van der Waals surface area contributed by atoms with Gasteiger partial charge in [0.1, 0.15) is 11.1 Å². The van der Waals surface area contributed by atoms with Crippen molar-refractivity contribution >= 4 is 23.2 Å². The Bertz CT molecular complexity index is 846. The molecule has 24 heavy (non-hydrogen) atoms. The van der Waals surface area contributed by atoms with E-state index in [-0.39, 0.29) is 11.8 Å². The van der Waals surface area contributed by atoms with Crippen LogP contribution < -0.4 is 0 Å². The highest BCUT2D eigenvalue weighted by atomic mass is 35.5. The second kappa shape index (κ2) is 4.71. The van der Waals surface area contributed by atoms with Gasteiger partial charge in [0.05, 0.1) is 0 Å². The molecule has 2 aromatic carbocycles.